The monoisotopic (exact) mass is 477 g/mol. The lowest BCUT2D eigenvalue weighted by Crippen LogP contribution is -2.38. The van der Waals surface area contributed by atoms with Gasteiger partial charge in [-0.05, 0) is 41.5 Å². The van der Waals surface area contributed by atoms with Crippen molar-refractivity contribution in [3.63, 3.8) is 0 Å². The Kier molecular flexibility index (Phi) is 7.17. The molecule has 2 heterocycles. The van der Waals surface area contributed by atoms with Gasteiger partial charge in [-0.2, -0.15) is 0 Å². The van der Waals surface area contributed by atoms with Crippen LogP contribution in [-0.4, -0.2) is 59.6 Å². The summed E-state index contributed by atoms with van der Waals surface area (Å²) in [6.45, 7) is 4.29. The van der Waals surface area contributed by atoms with Crippen LogP contribution in [0.3, 0.4) is 0 Å². The molecule has 2 aromatic carbocycles. The predicted octanol–water partition coefficient (Wildman–Crippen LogP) is 3.42. The molecule has 1 amide bonds. The molecule has 2 N–H and O–H groups in total. The van der Waals surface area contributed by atoms with Gasteiger partial charge in [0.2, 0.25) is 0 Å². The van der Waals surface area contributed by atoms with Crippen LogP contribution >= 0.6 is 24.0 Å². The molecule has 0 radical (unpaired) electrons. The summed E-state index contributed by atoms with van der Waals surface area (Å²) in [5.41, 5.74) is 1.77. The Morgan fingerprint density at radius 3 is 2.53 bits per heavy atom. The fourth-order valence-corrected chi connectivity index (χ4v) is 4.47. The fraction of sp³-hybridized carbons (Fsp3) is 0.273. The van der Waals surface area contributed by atoms with Crippen molar-refractivity contribution < 1.29 is 23.0 Å². The smallest absolute Gasteiger partial charge is 0.280 e. The first-order valence-electron chi connectivity index (χ1n) is 9.97. The van der Waals surface area contributed by atoms with Gasteiger partial charge in [-0.3, -0.25) is 9.69 Å². The maximum atomic E-state index is 13.7. The van der Waals surface area contributed by atoms with Gasteiger partial charge in [0, 0.05) is 25.2 Å². The van der Waals surface area contributed by atoms with E-state index in [1.807, 2.05) is 0 Å². The van der Waals surface area contributed by atoms with Crippen molar-refractivity contribution in [2.24, 2.45) is 5.84 Å². The van der Waals surface area contributed by atoms with Crippen LogP contribution in [0, 0.1) is 11.6 Å². The van der Waals surface area contributed by atoms with Crippen molar-refractivity contribution in [1.82, 2.24) is 9.91 Å². The number of carbonyl (C=O) groups is 1. The summed E-state index contributed by atoms with van der Waals surface area (Å²) in [7, 11) is 0. The molecule has 10 heteroatoms. The molecular weight excluding hydrogens is 456 g/mol. The molecule has 4 rings (SSSR count). The molecule has 0 saturated carbocycles. The molecule has 168 valence electrons. The summed E-state index contributed by atoms with van der Waals surface area (Å²) in [6, 6.07) is 8.99. The summed E-state index contributed by atoms with van der Waals surface area (Å²) < 4.78 is 38.7. The van der Waals surface area contributed by atoms with Crippen molar-refractivity contribution in [1.29, 1.82) is 0 Å². The topological polar surface area (TPSA) is 68.0 Å². The molecule has 0 spiro atoms. The second-order valence-electron chi connectivity index (χ2n) is 7.24. The molecule has 6 nitrogen and oxygen atoms in total. The van der Waals surface area contributed by atoms with Crippen LogP contribution < -0.4 is 10.6 Å². The molecule has 32 heavy (non-hydrogen) atoms. The average Bonchev–Trinajstić information content (AvgIpc) is 3.04. The zero-order chi connectivity index (χ0) is 22.7. The Balaban J connectivity index is 1.61. The lowest BCUT2D eigenvalue weighted by Gasteiger charge is -2.26. The molecule has 2 aliphatic heterocycles. The van der Waals surface area contributed by atoms with Gasteiger partial charge < -0.3 is 9.47 Å². The predicted molar refractivity (Wildman–Crippen MR) is 124 cm³/mol. The third-order valence-corrected chi connectivity index (χ3v) is 6.47. The van der Waals surface area contributed by atoms with E-state index in [9.17, 15) is 13.6 Å². The highest BCUT2D eigenvalue weighted by atomic mass is 32.2. The molecular formula is C22H21F2N3O3S2. The maximum absolute atomic E-state index is 13.7. The quantitative estimate of drug-likeness (QED) is 0.296. The second kappa shape index (κ2) is 10.1. The number of carbonyl (C=O) groups excluding carboxylic acids is 1. The number of benzene rings is 2. The second-order valence-corrected chi connectivity index (χ2v) is 8.91. The third-order valence-electron chi connectivity index (χ3n) is 5.14. The lowest BCUT2D eigenvalue weighted by atomic mass is 10.0. The summed E-state index contributed by atoms with van der Waals surface area (Å²) in [5.74, 6) is 3.99. The van der Waals surface area contributed by atoms with E-state index in [0.29, 0.717) is 47.2 Å². The van der Waals surface area contributed by atoms with Gasteiger partial charge in [-0.1, -0.05) is 36.1 Å². The largest absolute Gasteiger partial charge is 0.492 e. The van der Waals surface area contributed by atoms with Crippen LogP contribution in [0.15, 0.2) is 41.3 Å². The van der Waals surface area contributed by atoms with E-state index in [0.717, 1.165) is 48.5 Å². The van der Waals surface area contributed by atoms with Crippen molar-refractivity contribution in [2.45, 2.75) is 0 Å². The van der Waals surface area contributed by atoms with Crippen molar-refractivity contribution >= 4 is 40.3 Å². The van der Waals surface area contributed by atoms with E-state index in [2.05, 4.69) is 4.90 Å². The minimum Gasteiger partial charge on any atom is -0.492 e. The summed E-state index contributed by atoms with van der Waals surface area (Å²) in [4.78, 5) is 15.0. The van der Waals surface area contributed by atoms with E-state index < -0.39 is 17.5 Å². The van der Waals surface area contributed by atoms with Crippen molar-refractivity contribution in [2.75, 3.05) is 39.5 Å². The molecule has 0 bridgehead atoms. The van der Waals surface area contributed by atoms with Gasteiger partial charge >= 0.3 is 0 Å². The zero-order valence-electron chi connectivity index (χ0n) is 17.1. The number of amides is 1. The Hall–Kier alpha value is -2.37. The van der Waals surface area contributed by atoms with E-state index in [1.165, 1.54) is 6.07 Å². The van der Waals surface area contributed by atoms with E-state index >= 15 is 0 Å². The highest BCUT2D eigenvalue weighted by Gasteiger charge is 2.30. The van der Waals surface area contributed by atoms with Crippen molar-refractivity contribution in [3.8, 4) is 16.9 Å². The number of ether oxygens (including phenoxy) is 2. The molecule has 2 aromatic rings. The Bertz CT molecular complexity index is 1070. The number of nitrogens with zero attached hydrogens (tertiary/aromatic N) is 2. The number of nitrogens with two attached hydrogens (primary N) is 1. The Labute approximate surface area is 193 Å². The van der Waals surface area contributed by atoms with E-state index in [1.54, 1.807) is 24.3 Å². The zero-order valence-corrected chi connectivity index (χ0v) is 18.7. The Morgan fingerprint density at radius 1 is 1.12 bits per heavy atom. The highest BCUT2D eigenvalue weighted by Crippen LogP contribution is 2.34. The first-order valence-corrected chi connectivity index (χ1v) is 11.2. The van der Waals surface area contributed by atoms with E-state index in [4.69, 9.17) is 27.5 Å². The summed E-state index contributed by atoms with van der Waals surface area (Å²) in [6.07, 6.45) is 1.65. The number of halogens is 2. The fourth-order valence-electron chi connectivity index (χ4n) is 3.38. The minimum atomic E-state index is -0.932. The van der Waals surface area contributed by atoms with Crippen LogP contribution in [0.5, 0.6) is 5.75 Å². The van der Waals surface area contributed by atoms with Gasteiger partial charge in [-0.25, -0.2) is 19.6 Å². The van der Waals surface area contributed by atoms with Crippen LogP contribution in [-0.2, 0) is 9.53 Å². The summed E-state index contributed by atoms with van der Waals surface area (Å²) in [5, 5.41) is 0.921. The molecule has 0 unspecified atom stereocenters. The molecule has 0 atom stereocenters. The number of thiocarbonyl (C=S) groups is 1. The minimum absolute atomic E-state index is 0.257. The molecule has 2 fully saturated rings. The highest BCUT2D eigenvalue weighted by molar-refractivity contribution is 8.26. The number of hydrogen-bond acceptors (Lipinski definition) is 7. The number of morpholine rings is 1. The molecule has 0 aromatic heterocycles. The normalized spacial score (nSPS) is 18.6. The van der Waals surface area contributed by atoms with Crippen LogP contribution in [0.25, 0.3) is 17.2 Å². The molecule has 0 aliphatic carbocycles. The molecule has 2 aliphatic rings. The average molecular weight is 478 g/mol. The maximum Gasteiger partial charge on any atom is 0.280 e. The standard InChI is InChI=1S/C22H21F2N3O3S2/c23-17-3-1-15(12-18(17)24)14-2-4-19(30-10-7-26-5-8-29-9-6-26)16(11-14)13-20-21(28)27(25)22(31)32-20/h1-4,11-13H,5-10,25H2/b20-13-. The molecule has 2 saturated heterocycles. The third kappa shape index (κ3) is 5.16. The van der Waals surface area contributed by atoms with Crippen molar-refractivity contribution in [3.05, 3.63) is 58.5 Å². The lowest BCUT2D eigenvalue weighted by molar-refractivity contribution is -0.122. The van der Waals surface area contributed by atoms with E-state index in [-0.39, 0.29) is 4.32 Å². The van der Waals surface area contributed by atoms with Crippen LogP contribution in [0.2, 0.25) is 0 Å². The first-order chi connectivity index (χ1) is 15.4. The first kappa shape index (κ1) is 22.8. The van der Waals surface area contributed by atoms with Gasteiger partial charge in [-0.15, -0.1) is 0 Å². The number of hydrazine groups is 1. The van der Waals surface area contributed by atoms with Crippen LogP contribution in [0.4, 0.5) is 8.78 Å². The Morgan fingerprint density at radius 2 is 1.84 bits per heavy atom. The number of thioether (sulfide) groups is 1. The van der Waals surface area contributed by atoms with Crippen LogP contribution in [0.1, 0.15) is 5.56 Å². The van der Waals surface area contributed by atoms with Gasteiger partial charge in [0.15, 0.2) is 16.0 Å². The van der Waals surface area contributed by atoms with Gasteiger partial charge in [0.05, 0.1) is 18.1 Å². The SMILES string of the molecule is NN1C(=O)/C(=C/c2cc(-c3ccc(F)c(F)c3)ccc2OCCN2CCOCC2)SC1=S. The van der Waals surface area contributed by atoms with Gasteiger partial charge in [0.25, 0.3) is 5.91 Å². The number of rotatable bonds is 6. The van der Waals surface area contributed by atoms with Gasteiger partial charge in [0.1, 0.15) is 12.4 Å². The summed E-state index contributed by atoms with van der Waals surface area (Å²) >= 11 is 6.19. The number of hydrogen-bond donors (Lipinski definition) is 1.